The fourth-order valence-corrected chi connectivity index (χ4v) is 6.63. The molecular weight excluding hydrogens is 608 g/mol. The van der Waals surface area contributed by atoms with E-state index in [4.69, 9.17) is 21.1 Å². The Morgan fingerprint density at radius 1 is 0.956 bits per heavy atom. The summed E-state index contributed by atoms with van der Waals surface area (Å²) in [5, 5.41) is 10.8. The summed E-state index contributed by atoms with van der Waals surface area (Å²) in [6, 6.07) is 29.8. The molecule has 0 spiro atoms. The van der Waals surface area contributed by atoms with Crippen molar-refractivity contribution in [1.29, 1.82) is 0 Å². The van der Waals surface area contributed by atoms with E-state index in [-0.39, 0.29) is 18.1 Å². The second kappa shape index (κ2) is 16.4. The number of benzene rings is 3. The first-order valence-corrected chi connectivity index (χ1v) is 16.3. The number of hydrogen-bond acceptors (Lipinski definition) is 7. The highest BCUT2D eigenvalue weighted by Gasteiger charge is 2.33. The van der Waals surface area contributed by atoms with E-state index >= 15 is 0 Å². The molecule has 5 rings (SSSR count). The van der Waals surface area contributed by atoms with Crippen LogP contribution in [0.15, 0.2) is 108 Å². The highest BCUT2D eigenvalue weighted by Crippen LogP contribution is 2.30. The number of nitrogens with zero attached hydrogens (tertiary/aromatic N) is 1. The van der Waals surface area contributed by atoms with Crippen LogP contribution >= 0.6 is 23.4 Å². The molecule has 1 aliphatic heterocycles. The number of pyridine rings is 1. The minimum absolute atomic E-state index is 0.0154. The number of morpholine rings is 1. The van der Waals surface area contributed by atoms with Crippen molar-refractivity contribution < 1.29 is 19.1 Å². The van der Waals surface area contributed by atoms with E-state index in [1.54, 1.807) is 18.0 Å². The zero-order chi connectivity index (χ0) is 31.4. The van der Waals surface area contributed by atoms with E-state index in [2.05, 4.69) is 20.9 Å². The van der Waals surface area contributed by atoms with Crippen molar-refractivity contribution in [2.45, 2.75) is 42.0 Å². The third kappa shape index (κ3) is 9.08. The maximum absolute atomic E-state index is 14.0. The maximum atomic E-state index is 14.0. The van der Waals surface area contributed by atoms with Gasteiger partial charge in [0.2, 0.25) is 5.91 Å². The molecule has 3 atom stereocenters. The number of carbonyl (C=O) groups is 2. The molecule has 4 aromatic rings. The molecule has 1 unspecified atom stereocenters. The highest BCUT2D eigenvalue weighted by molar-refractivity contribution is 7.99. The molecule has 2 heterocycles. The van der Waals surface area contributed by atoms with E-state index in [9.17, 15) is 9.59 Å². The van der Waals surface area contributed by atoms with Crippen LogP contribution in [0.25, 0.3) is 0 Å². The summed E-state index contributed by atoms with van der Waals surface area (Å²) < 4.78 is 11.3. The number of thioether (sulfide) groups is 1. The van der Waals surface area contributed by atoms with Gasteiger partial charge in [-0.2, -0.15) is 0 Å². The Morgan fingerprint density at radius 2 is 1.62 bits per heavy atom. The van der Waals surface area contributed by atoms with E-state index in [1.165, 1.54) is 7.11 Å². The first-order valence-electron chi connectivity index (χ1n) is 14.9. The lowest BCUT2D eigenvalue weighted by Gasteiger charge is -2.31. The lowest BCUT2D eigenvalue weighted by atomic mass is 9.84. The average molecular weight is 645 g/mol. The molecule has 1 fully saturated rings. The summed E-state index contributed by atoms with van der Waals surface area (Å²) in [5.41, 5.74) is 3.47. The summed E-state index contributed by atoms with van der Waals surface area (Å²) >= 11 is 7.87. The fourth-order valence-electron chi connectivity index (χ4n) is 5.46. The Balaban J connectivity index is 1.28. The number of aromatic nitrogens is 1. The monoisotopic (exact) mass is 644 g/mol. The van der Waals surface area contributed by atoms with Gasteiger partial charge in [0.15, 0.2) is 0 Å². The van der Waals surface area contributed by atoms with Crippen LogP contribution in [0.5, 0.6) is 0 Å². The standard InChI is InChI=1S/C35H37ClN4O4S/c1-43-35(42)40-32(31(25-12-4-2-5-13-25)26-14-6-3-7-15-26)33(41)39-30-17-9-8-11-24(30)18-19-27-21-37-22-28(44-27)23-45-34-29(36)16-10-20-38-34/h2-17,20,27-28,31-32,37H,18-19,21-23H2,1H3,(H,39,41)(H,40,42)/t27-,28?,32+/m1/s1. The third-order valence-corrected chi connectivity index (χ3v) is 9.22. The molecule has 234 valence electrons. The number of alkyl carbamates (subject to hydrolysis) is 1. The Morgan fingerprint density at radius 3 is 2.31 bits per heavy atom. The molecule has 45 heavy (non-hydrogen) atoms. The predicted molar refractivity (Wildman–Crippen MR) is 179 cm³/mol. The molecule has 0 saturated carbocycles. The molecule has 1 saturated heterocycles. The number of nitrogens with one attached hydrogen (secondary N) is 3. The van der Waals surface area contributed by atoms with Gasteiger partial charge in [-0.25, -0.2) is 9.78 Å². The summed E-state index contributed by atoms with van der Waals surface area (Å²) in [4.78, 5) is 30.9. The third-order valence-electron chi connectivity index (χ3n) is 7.66. The number of hydrogen-bond donors (Lipinski definition) is 3. The summed E-state index contributed by atoms with van der Waals surface area (Å²) in [6.45, 7) is 1.51. The number of aryl methyl sites for hydroxylation is 1. The number of rotatable bonds is 12. The van der Waals surface area contributed by atoms with E-state index in [0.29, 0.717) is 17.1 Å². The van der Waals surface area contributed by atoms with Crippen LogP contribution in [0.3, 0.4) is 0 Å². The van der Waals surface area contributed by atoms with Gasteiger partial charge in [-0.3, -0.25) is 4.79 Å². The average Bonchev–Trinajstić information content (AvgIpc) is 3.08. The Kier molecular flexibility index (Phi) is 11.9. The van der Waals surface area contributed by atoms with Gasteiger partial charge in [-0.05, 0) is 47.7 Å². The largest absolute Gasteiger partial charge is 0.453 e. The number of methoxy groups -OCH3 is 1. The van der Waals surface area contributed by atoms with Gasteiger partial charge in [-0.1, -0.05) is 90.5 Å². The molecule has 2 amide bonds. The summed E-state index contributed by atoms with van der Waals surface area (Å²) in [6.07, 6.45) is 2.57. The minimum atomic E-state index is -0.938. The molecular formula is C35H37ClN4O4S. The van der Waals surface area contributed by atoms with Crippen molar-refractivity contribution in [2.75, 3.05) is 31.3 Å². The molecule has 0 radical (unpaired) electrons. The Labute approximate surface area is 273 Å². The van der Waals surface area contributed by atoms with Crippen molar-refractivity contribution in [3.63, 3.8) is 0 Å². The van der Waals surface area contributed by atoms with Gasteiger partial charge >= 0.3 is 6.09 Å². The molecule has 10 heteroatoms. The van der Waals surface area contributed by atoms with Gasteiger partial charge in [0.25, 0.3) is 0 Å². The summed E-state index contributed by atoms with van der Waals surface area (Å²) in [5.74, 6) is -0.0478. The van der Waals surface area contributed by atoms with E-state index < -0.39 is 18.1 Å². The van der Waals surface area contributed by atoms with Crippen LogP contribution < -0.4 is 16.0 Å². The quantitative estimate of drug-likeness (QED) is 0.155. The van der Waals surface area contributed by atoms with Crippen molar-refractivity contribution in [1.82, 2.24) is 15.6 Å². The van der Waals surface area contributed by atoms with Crippen LogP contribution in [-0.4, -0.2) is 61.2 Å². The van der Waals surface area contributed by atoms with Crippen molar-refractivity contribution >= 4 is 41.1 Å². The first kappa shape index (κ1) is 32.5. The van der Waals surface area contributed by atoms with Crippen molar-refractivity contribution in [3.05, 3.63) is 125 Å². The van der Waals surface area contributed by atoms with Gasteiger partial charge in [0.05, 0.1) is 24.3 Å². The highest BCUT2D eigenvalue weighted by atomic mass is 35.5. The molecule has 0 aliphatic carbocycles. The van der Waals surface area contributed by atoms with Crippen LogP contribution in [0.1, 0.15) is 29.0 Å². The number of ether oxygens (including phenoxy) is 2. The van der Waals surface area contributed by atoms with E-state index in [1.807, 2.05) is 97.1 Å². The predicted octanol–water partition coefficient (Wildman–Crippen LogP) is 6.31. The van der Waals surface area contributed by atoms with Crippen molar-refractivity contribution in [3.8, 4) is 0 Å². The second-order valence-corrected chi connectivity index (χ2v) is 12.2. The minimum Gasteiger partial charge on any atom is -0.453 e. The van der Waals surface area contributed by atoms with Gasteiger partial charge in [0, 0.05) is 36.6 Å². The van der Waals surface area contributed by atoms with Crippen LogP contribution in [0.4, 0.5) is 10.5 Å². The smallest absolute Gasteiger partial charge is 0.407 e. The lowest BCUT2D eigenvalue weighted by molar-refractivity contribution is -0.118. The number of amides is 2. The van der Waals surface area contributed by atoms with Gasteiger partial charge in [0.1, 0.15) is 11.1 Å². The molecule has 1 aromatic heterocycles. The van der Waals surface area contributed by atoms with Crippen LogP contribution in [-0.2, 0) is 20.7 Å². The topological polar surface area (TPSA) is 102 Å². The Hall–Kier alpha value is -3.89. The van der Waals surface area contributed by atoms with Crippen LogP contribution in [0.2, 0.25) is 5.02 Å². The van der Waals surface area contributed by atoms with Gasteiger partial charge < -0.3 is 25.4 Å². The lowest BCUT2D eigenvalue weighted by Crippen LogP contribution is -2.48. The fraction of sp³-hybridized carbons (Fsp3) is 0.286. The maximum Gasteiger partial charge on any atom is 0.407 e. The number of anilines is 1. The van der Waals surface area contributed by atoms with E-state index in [0.717, 1.165) is 47.0 Å². The first-order chi connectivity index (χ1) is 22.0. The second-order valence-electron chi connectivity index (χ2n) is 10.7. The molecule has 0 bridgehead atoms. The molecule has 8 nitrogen and oxygen atoms in total. The normalized spacial score (nSPS) is 17.0. The van der Waals surface area contributed by atoms with Crippen LogP contribution in [0, 0.1) is 0 Å². The Bertz CT molecular complexity index is 1510. The molecule has 3 N–H and O–H groups in total. The van der Waals surface area contributed by atoms with Crippen molar-refractivity contribution in [2.24, 2.45) is 0 Å². The number of halogens is 1. The van der Waals surface area contributed by atoms with Gasteiger partial charge in [-0.15, -0.1) is 11.8 Å². The zero-order valence-electron chi connectivity index (χ0n) is 25.0. The SMILES string of the molecule is COC(=O)N[C@H](C(=O)Nc1ccccc1CC[C@@H]1CNCC(CSc2ncccc2Cl)O1)C(c1ccccc1)c1ccccc1. The number of para-hydroxylation sites is 1. The number of carbonyl (C=O) groups excluding carboxylic acids is 2. The molecule has 3 aromatic carbocycles. The zero-order valence-corrected chi connectivity index (χ0v) is 26.6. The summed E-state index contributed by atoms with van der Waals surface area (Å²) in [7, 11) is 1.29. The molecule has 1 aliphatic rings.